The fraction of sp³-hybridized carbons (Fsp3) is 0.273. The summed E-state index contributed by atoms with van der Waals surface area (Å²) in [6, 6.07) is 15.6. The first-order chi connectivity index (χ1) is 14.5. The molecule has 154 valence electrons. The Kier molecular flexibility index (Phi) is 6.65. The molecule has 2 aromatic rings. The van der Waals surface area contributed by atoms with Gasteiger partial charge in [-0.05, 0) is 42.8 Å². The molecule has 0 atom stereocenters. The van der Waals surface area contributed by atoms with Crippen LogP contribution in [0.3, 0.4) is 0 Å². The Hall–Kier alpha value is -3.86. The lowest BCUT2D eigenvalue weighted by Crippen LogP contribution is -2.49. The van der Waals surface area contributed by atoms with Crippen molar-refractivity contribution >= 4 is 23.4 Å². The lowest BCUT2D eigenvalue weighted by Gasteiger charge is -2.36. The summed E-state index contributed by atoms with van der Waals surface area (Å²) in [6.07, 6.45) is 1.58. The van der Waals surface area contributed by atoms with E-state index in [1.54, 1.807) is 35.2 Å². The molecule has 0 unspecified atom stereocenters. The van der Waals surface area contributed by atoms with Gasteiger partial charge >= 0.3 is 0 Å². The Balaban J connectivity index is 1.63. The molecule has 8 nitrogen and oxygen atoms in total. The maximum atomic E-state index is 12.8. The topological polar surface area (TPSA) is 99.7 Å². The molecule has 0 spiro atoms. The van der Waals surface area contributed by atoms with E-state index in [-0.39, 0.29) is 17.2 Å². The average molecular weight is 406 g/mol. The van der Waals surface area contributed by atoms with E-state index in [1.807, 2.05) is 25.1 Å². The summed E-state index contributed by atoms with van der Waals surface area (Å²) in [5.74, 6) is 0.441. The number of carbonyl (C=O) groups excluding carboxylic acids is 1. The molecule has 0 radical (unpaired) electrons. The molecule has 1 heterocycles. The molecule has 8 heteroatoms. The van der Waals surface area contributed by atoms with E-state index in [9.17, 15) is 20.2 Å². The van der Waals surface area contributed by atoms with Crippen molar-refractivity contribution in [3.63, 3.8) is 0 Å². The van der Waals surface area contributed by atoms with Crippen LogP contribution in [-0.4, -0.2) is 48.5 Å². The van der Waals surface area contributed by atoms with Gasteiger partial charge in [-0.2, -0.15) is 5.26 Å². The third-order valence-electron chi connectivity index (χ3n) is 4.85. The Morgan fingerprint density at radius 1 is 1.13 bits per heavy atom. The molecule has 1 fully saturated rings. The molecule has 1 aliphatic heterocycles. The van der Waals surface area contributed by atoms with Crippen LogP contribution in [0.25, 0.3) is 6.08 Å². The molecule has 1 saturated heterocycles. The van der Waals surface area contributed by atoms with Gasteiger partial charge in [-0.3, -0.25) is 14.9 Å². The van der Waals surface area contributed by atoms with Crippen molar-refractivity contribution in [1.29, 1.82) is 5.26 Å². The van der Waals surface area contributed by atoms with Gasteiger partial charge in [0.2, 0.25) is 0 Å². The zero-order valence-electron chi connectivity index (χ0n) is 16.7. The standard InChI is InChI=1S/C22H22N4O4/c1-2-30-21-9-3-17(4-10-21)15-18(16-23)22(27)25-13-11-24(12-14-25)19-5-7-20(8-6-19)26(28)29/h3-10,15H,2,11-14H2,1H3/b18-15+. The summed E-state index contributed by atoms with van der Waals surface area (Å²) in [5.41, 5.74) is 1.76. The largest absolute Gasteiger partial charge is 0.494 e. The van der Waals surface area contributed by atoms with E-state index in [4.69, 9.17) is 4.74 Å². The lowest BCUT2D eigenvalue weighted by molar-refractivity contribution is -0.384. The Morgan fingerprint density at radius 3 is 2.30 bits per heavy atom. The van der Waals surface area contributed by atoms with Crippen molar-refractivity contribution < 1.29 is 14.5 Å². The number of nitrogens with zero attached hydrogens (tertiary/aromatic N) is 4. The molecule has 0 aliphatic carbocycles. The van der Waals surface area contributed by atoms with Crippen LogP contribution in [-0.2, 0) is 4.79 Å². The van der Waals surface area contributed by atoms with Crippen molar-refractivity contribution in [3.8, 4) is 11.8 Å². The lowest BCUT2D eigenvalue weighted by atomic mass is 10.1. The molecular formula is C22H22N4O4. The van der Waals surface area contributed by atoms with Gasteiger partial charge in [0.1, 0.15) is 17.4 Å². The van der Waals surface area contributed by atoms with Gasteiger partial charge in [0.25, 0.3) is 11.6 Å². The Bertz CT molecular complexity index is 970. The highest BCUT2D eigenvalue weighted by atomic mass is 16.6. The first-order valence-corrected chi connectivity index (χ1v) is 9.65. The van der Waals surface area contributed by atoms with Crippen LogP contribution < -0.4 is 9.64 Å². The van der Waals surface area contributed by atoms with Crippen LogP contribution in [0, 0.1) is 21.4 Å². The second-order valence-electron chi connectivity index (χ2n) is 6.72. The summed E-state index contributed by atoms with van der Waals surface area (Å²) in [7, 11) is 0. The van der Waals surface area contributed by atoms with E-state index in [0.29, 0.717) is 32.8 Å². The number of nitro groups is 1. The molecule has 0 saturated carbocycles. The van der Waals surface area contributed by atoms with Gasteiger partial charge in [0, 0.05) is 44.0 Å². The van der Waals surface area contributed by atoms with Crippen LogP contribution >= 0.6 is 0 Å². The highest BCUT2D eigenvalue weighted by Crippen LogP contribution is 2.21. The van der Waals surface area contributed by atoms with E-state index in [0.717, 1.165) is 17.0 Å². The number of amides is 1. The third kappa shape index (κ3) is 4.94. The second-order valence-corrected chi connectivity index (χ2v) is 6.72. The molecule has 2 aromatic carbocycles. The number of benzene rings is 2. The predicted octanol–water partition coefficient (Wildman–Crippen LogP) is 3.25. The number of ether oxygens (including phenoxy) is 1. The summed E-state index contributed by atoms with van der Waals surface area (Å²) < 4.78 is 5.40. The maximum absolute atomic E-state index is 12.8. The fourth-order valence-corrected chi connectivity index (χ4v) is 3.26. The SMILES string of the molecule is CCOc1ccc(/C=C(\C#N)C(=O)N2CCN(c3ccc([N+](=O)[O-])cc3)CC2)cc1. The summed E-state index contributed by atoms with van der Waals surface area (Å²) in [6.45, 7) is 4.59. The number of nitro benzene ring substituents is 1. The zero-order valence-corrected chi connectivity index (χ0v) is 16.7. The molecule has 0 N–H and O–H groups in total. The monoisotopic (exact) mass is 406 g/mol. The van der Waals surface area contributed by atoms with Crippen molar-refractivity contribution in [2.24, 2.45) is 0 Å². The zero-order chi connectivity index (χ0) is 21.5. The summed E-state index contributed by atoms with van der Waals surface area (Å²) >= 11 is 0. The smallest absolute Gasteiger partial charge is 0.269 e. The number of piperazine rings is 1. The first kappa shape index (κ1) is 20.9. The number of anilines is 1. The van der Waals surface area contributed by atoms with Crippen LogP contribution in [0.2, 0.25) is 0 Å². The van der Waals surface area contributed by atoms with Crippen LogP contribution in [0.15, 0.2) is 54.1 Å². The van der Waals surface area contributed by atoms with E-state index in [2.05, 4.69) is 4.90 Å². The van der Waals surface area contributed by atoms with E-state index < -0.39 is 4.92 Å². The number of hydrogen-bond donors (Lipinski definition) is 0. The molecule has 0 aromatic heterocycles. The minimum absolute atomic E-state index is 0.0469. The molecule has 30 heavy (non-hydrogen) atoms. The van der Waals surface area contributed by atoms with Gasteiger partial charge in [-0.25, -0.2) is 0 Å². The Labute approximate surface area is 174 Å². The highest BCUT2D eigenvalue weighted by Gasteiger charge is 2.24. The summed E-state index contributed by atoms with van der Waals surface area (Å²) in [4.78, 5) is 26.9. The highest BCUT2D eigenvalue weighted by molar-refractivity contribution is 6.01. The number of rotatable bonds is 6. The Morgan fingerprint density at radius 2 is 1.77 bits per heavy atom. The van der Waals surface area contributed by atoms with Crippen molar-refractivity contribution in [1.82, 2.24) is 4.90 Å². The predicted molar refractivity (Wildman–Crippen MR) is 113 cm³/mol. The van der Waals surface area contributed by atoms with Crippen molar-refractivity contribution in [2.75, 3.05) is 37.7 Å². The number of non-ortho nitro benzene ring substituents is 1. The minimum Gasteiger partial charge on any atom is -0.494 e. The van der Waals surface area contributed by atoms with E-state index >= 15 is 0 Å². The second kappa shape index (κ2) is 9.56. The normalized spacial score (nSPS) is 14.2. The molecule has 1 aliphatic rings. The summed E-state index contributed by atoms with van der Waals surface area (Å²) in [5, 5.41) is 20.3. The minimum atomic E-state index is -0.430. The molecule has 0 bridgehead atoms. The quantitative estimate of drug-likeness (QED) is 0.316. The molecule has 1 amide bonds. The number of nitriles is 1. The van der Waals surface area contributed by atoms with Crippen molar-refractivity contribution in [3.05, 3.63) is 69.8 Å². The third-order valence-corrected chi connectivity index (χ3v) is 4.85. The molecular weight excluding hydrogens is 384 g/mol. The van der Waals surface area contributed by atoms with Crippen LogP contribution in [0.5, 0.6) is 5.75 Å². The van der Waals surface area contributed by atoms with Gasteiger partial charge < -0.3 is 14.5 Å². The van der Waals surface area contributed by atoms with Crippen LogP contribution in [0.4, 0.5) is 11.4 Å². The fourth-order valence-electron chi connectivity index (χ4n) is 3.26. The number of hydrogen-bond acceptors (Lipinski definition) is 6. The first-order valence-electron chi connectivity index (χ1n) is 9.65. The van der Waals surface area contributed by atoms with Gasteiger partial charge in [0.05, 0.1) is 11.5 Å². The van der Waals surface area contributed by atoms with Crippen LogP contribution in [0.1, 0.15) is 12.5 Å². The van der Waals surface area contributed by atoms with Gasteiger partial charge in [0.15, 0.2) is 0 Å². The van der Waals surface area contributed by atoms with E-state index in [1.165, 1.54) is 12.1 Å². The maximum Gasteiger partial charge on any atom is 0.269 e. The number of carbonyl (C=O) groups is 1. The van der Waals surface area contributed by atoms with Gasteiger partial charge in [-0.1, -0.05) is 12.1 Å². The van der Waals surface area contributed by atoms with Crippen molar-refractivity contribution in [2.45, 2.75) is 6.92 Å². The van der Waals surface area contributed by atoms with Gasteiger partial charge in [-0.15, -0.1) is 0 Å². The average Bonchev–Trinajstić information content (AvgIpc) is 2.78. The molecule has 3 rings (SSSR count).